The van der Waals surface area contributed by atoms with Crippen LogP contribution in [0.1, 0.15) is 71.4 Å². The first-order chi connectivity index (χ1) is 12.5. The summed E-state index contributed by atoms with van der Waals surface area (Å²) >= 11 is 0. The molecule has 0 heterocycles. The molecule has 0 N–H and O–H groups in total. The molecule has 0 aliphatic rings. The molecule has 0 amide bonds. The molecule has 0 atom stereocenters. The third-order valence-corrected chi connectivity index (χ3v) is 3.96. The van der Waals surface area contributed by atoms with E-state index < -0.39 is 11.9 Å². The maximum Gasteiger partial charge on any atom is 2.00 e. The fraction of sp³-hybridized carbons (Fsp3) is 0.364. The molecule has 0 unspecified atom stereocenters. The second-order valence-corrected chi connectivity index (χ2v) is 6.18. The number of benzene rings is 2. The van der Waals surface area contributed by atoms with E-state index in [9.17, 15) is 19.8 Å². The average molecular weight is 562 g/mol. The molecule has 0 aromatic heterocycles. The minimum Gasteiger partial charge on any atom is -0.545 e. The molecule has 27 heavy (non-hydrogen) atoms. The third-order valence-electron chi connectivity index (χ3n) is 3.96. The van der Waals surface area contributed by atoms with Crippen molar-refractivity contribution in [2.45, 2.75) is 52.4 Å². The molecule has 2 aromatic rings. The van der Waals surface area contributed by atoms with E-state index in [0.29, 0.717) is 0 Å². The Balaban J connectivity index is 0.000000483. The molecule has 0 aliphatic carbocycles. The summed E-state index contributed by atoms with van der Waals surface area (Å²) in [5.74, 6) is -2.20. The van der Waals surface area contributed by atoms with E-state index in [-0.39, 0.29) is 38.4 Å². The van der Waals surface area contributed by atoms with Crippen molar-refractivity contribution in [3.8, 4) is 0 Å². The van der Waals surface area contributed by atoms with Crippen LogP contribution >= 0.6 is 0 Å². The number of rotatable bonds is 8. The monoisotopic (exact) mass is 562 g/mol. The molecule has 0 fully saturated rings. The average Bonchev–Trinajstić information content (AvgIpc) is 2.65. The summed E-state index contributed by atoms with van der Waals surface area (Å²) in [4.78, 5) is 21.0. The van der Waals surface area contributed by atoms with Crippen molar-refractivity contribution in [1.82, 2.24) is 0 Å². The van der Waals surface area contributed by atoms with Gasteiger partial charge in [-0.3, -0.25) is 0 Å². The predicted octanol–water partition coefficient (Wildman–Crippen LogP) is 2.40. The number of carbonyl (C=O) groups is 2. The van der Waals surface area contributed by atoms with Gasteiger partial charge < -0.3 is 19.8 Å². The topological polar surface area (TPSA) is 80.3 Å². The second-order valence-electron chi connectivity index (χ2n) is 6.18. The first-order valence-electron chi connectivity index (χ1n) is 9.08. The molecule has 0 saturated carbocycles. The summed E-state index contributed by atoms with van der Waals surface area (Å²) in [6.07, 6.45) is 6.31. The molecule has 0 spiro atoms. The molecular weight excluding hydrogens is 535 g/mol. The number of hydrogen-bond acceptors (Lipinski definition) is 4. The number of carboxylic acid groups (broad SMARTS) is 2. The van der Waals surface area contributed by atoms with E-state index in [0.717, 1.165) is 49.7 Å². The van der Waals surface area contributed by atoms with Crippen molar-refractivity contribution in [3.63, 3.8) is 0 Å². The van der Waals surface area contributed by atoms with Crippen molar-refractivity contribution in [1.29, 1.82) is 0 Å². The Bertz CT molecular complexity index is 651. The van der Waals surface area contributed by atoms with E-state index in [1.165, 1.54) is 0 Å². The van der Waals surface area contributed by atoms with Crippen LogP contribution < -0.4 is 10.2 Å². The van der Waals surface area contributed by atoms with E-state index in [1.54, 1.807) is 36.4 Å². The van der Waals surface area contributed by atoms with Gasteiger partial charge in [-0.25, -0.2) is 0 Å². The van der Waals surface area contributed by atoms with Crippen LogP contribution in [0, 0.1) is 0 Å². The number of carbonyl (C=O) groups excluding carboxylic acids is 2. The molecule has 142 valence electrons. The SMILES string of the molecule is CCCCc1cccc(C(=O)[O-])c1.CCCCc1cccc(C(=O)[O-])c1.[Pb+2]. The quantitative estimate of drug-likeness (QED) is 0.464. The number of carboxylic acids is 2. The van der Waals surface area contributed by atoms with Crippen LogP contribution in [-0.4, -0.2) is 39.2 Å². The Morgan fingerprint density at radius 2 is 1.11 bits per heavy atom. The van der Waals surface area contributed by atoms with Gasteiger partial charge >= 0.3 is 27.3 Å². The molecular formula is C22H26O4Pb. The minimum absolute atomic E-state index is 0. The van der Waals surface area contributed by atoms with Crippen molar-refractivity contribution in [3.05, 3.63) is 70.8 Å². The summed E-state index contributed by atoms with van der Waals surface area (Å²) in [7, 11) is 0. The van der Waals surface area contributed by atoms with Gasteiger partial charge in [0.15, 0.2) is 0 Å². The van der Waals surface area contributed by atoms with Crippen LogP contribution in [0.3, 0.4) is 0 Å². The summed E-state index contributed by atoms with van der Waals surface area (Å²) in [5, 5.41) is 21.0. The fourth-order valence-electron chi connectivity index (χ4n) is 2.47. The minimum atomic E-state index is -1.10. The Morgan fingerprint density at radius 3 is 1.41 bits per heavy atom. The smallest absolute Gasteiger partial charge is 0.545 e. The largest absolute Gasteiger partial charge is 2.00 e. The molecule has 0 saturated heterocycles. The zero-order valence-corrected chi connectivity index (χ0v) is 19.9. The van der Waals surface area contributed by atoms with E-state index >= 15 is 0 Å². The van der Waals surface area contributed by atoms with Gasteiger partial charge in [0.05, 0.1) is 11.9 Å². The molecule has 2 aromatic carbocycles. The first-order valence-corrected chi connectivity index (χ1v) is 9.08. The molecule has 0 aliphatic heterocycles. The van der Waals surface area contributed by atoms with Gasteiger partial charge in [0.1, 0.15) is 0 Å². The third kappa shape index (κ3) is 10.3. The Morgan fingerprint density at radius 1 is 0.741 bits per heavy atom. The van der Waals surface area contributed by atoms with Gasteiger partial charge in [0.25, 0.3) is 0 Å². The van der Waals surface area contributed by atoms with Gasteiger partial charge in [-0.15, -0.1) is 0 Å². The fourth-order valence-corrected chi connectivity index (χ4v) is 2.47. The van der Waals surface area contributed by atoms with Crippen LogP contribution in [0.15, 0.2) is 48.5 Å². The molecule has 0 bridgehead atoms. The van der Waals surface area contributed by atoms with Crippen LogP contribution in [-0.2, 0) is 12.8 Å². The number of unbranched alkanes of at least 4 members (excludes halogenated alkanes) is 2. The Hall–Kier alpha value is -1.70. The van der Waals surface area contributed by atoms with Crippen molar-refractivity contribution >= 4 is 39.2 Å². The summed E-state index contributed by atoms with van der Waals surface area (Å²) in [6.45, 7) is 4.23. The van der Waals surface area contributed by atoms with Gasteiger partial charge in [-0.05, 0) is 60.1 Å². The van der Waals surface area contributed by atoms with Crippen molar-refractivity contribution in [2.24, 2.45) is 0 Å². The predicted molar refractivity (Wildman–Crippen MR) is 105 cm³/mol. The molecule has 2 radical (unpaired) electrons. The van der Waals surface area contributed by atoms with Crippen LogP contribution in [0.4, 0.5) is 0 Å². The van der Waals surface area contributed by atoms with E-state index in [1.807, 2.05) is 12.1 Å². The zero-order valence-electron chi connectivity index (χ0n) is 16.0. The Labute approximate surface area is 181 Å². The van der Waals surface area contributed by atoms with Crippen LogP contribution in [0.2, 0.25) is 0 Å². The summed E-state index contributed by atoms with van der Waals surface area (Å²) in [6, 6.07) is 13.9. The molecule has 4 nitrogen and oxygen atoms in total. The summed E-state index contributed by atoms with van der Waals surface area (Å²) < 4.78 is 0. The van der Waals surface area contributed by atoms with E-state index in [4.69, 9.17) is 0 Å². The van der Waals surface area contributed by atoms with Gasteiger partial charge in [-0.1, -0.05) is 63.1 Å². The molecule has 5 heteroatoms. The van der Waals surface area contributed by atoms with E-state index in [2.05, 4.69) is 13.8 Å². The van der Waals surface area contributed by atoms with Crippen molar-refractivity contribution < 1.29 is 19.8 Å². The van der Waals surface area contributed by atoms with Crippen LogP contribution in [0.25, 0.3) is 0 Å². The zero-order chi connectivity index (χ0) is 19.4. The number of aryl methyl sites for hydroxylation is 2. The van der Waals surface area contributed by atoms with Gasteiger partial charge in [-0.2, -0.15) is 0 Å². The number of aromatic carboxylic acids is 2. The standard InChI is InChI=1S/2C11H14O2.Pb/c2*1-2-3-5-9-6-4-7-10(8-9)11(12)13;/h2*4,6-8H,2-3,5H2,1H3,(H,12,13);/q;;+2/p-2. The van der Waals surface area contributed by atoms with Crippen molar-refractivity contribution in [2.75, 3.05) is 0 Å². The van der Waals surface area contributed by atoms with Crippen LogP contribution in [0.5, 0.6) is 0 Å². The molecule has 2 rings (SSSR count). The Kier molecular flexibility index (Phi) is 13.5. The normalized spacial score (nSPS) is 9.56. The summed E-state index contributed by atoms with van der Waals surface area (Å²) in [5.41, 5.74) is 2.69. The maximum absolute atomic E-state index is 10.5. The first kappa shape index (κ1) is 25.3. The maximum atomic E-state index is 10.5. The van der Waals surface area contributed by atoms with Gasteiger partial charge in [0.2, 0.25) is 0 Å². The van der Waals surface area contributed by atoms with Gasteiger partial charge in [0, 0.05) is 0 Å². The number of hydrogen-bond donors (Lipinski definition) is 0. The second kappa shape index (κ2) is 14.4.